The van der Waals surface area contributed by atoms with Crippen LogP contribution in [-0.2, 0) is 9.09 Å². The lowest BCUT2D eigenvalue weighted by Gasteiger charge is -2.35. The van der Waals surface area contributed by atoms with Gasteiger partial charge < -0.3 is 4.52 Å². The predicted octanol–water partition coefficient (Wildman–Crippen LogP) is 3.82. The fourth-order valence-electron chi connectivity index (χ4n) is 1.76. The lowest BCUT2D eigenvalue weighted by atomic mass is 10.1. The number of nitrogens with zero attached hydrogens (tertiary/aromatic N) is 1. The van der Waals surface area contributed by atoms with Gasteiger partial charge in [-0.3, -0.25) is 4.57 Å². The molecule has 0 aromatic heterocycles. The fourth-order valence-corrected chi connectivity index (χ4v) is 3.77. The van der Waals surface area contributed by atoms with Gasteiger partial charge in [0.2, 0.25) is 0 Å². The molecular formula is C11H15ClNO2P. The molecule has 0 bridgehead atoms. The molecule has 0 saturated carbocycles. The van der Waals surface area contributed by atoms with Gasteiger partial charge in [0.15, 0.2) is 0 Å². The van der Waals surface area contributed by atoms with Crippen LogP contribution in [0, 0.1) is 0 Å². The normalized spacial score (nSPS) is 33.9. The van der Waals surface area contributed by atoms with Gasteiger partial charge in [-0.2, -0.15) is 0 Å². The Morgan fingerprint density at radius 3 is 2.88 bits per heavy atom. The molecule has 1 saturated heterocycles. The lowest BCUT2D eigenvalue weighted by molar-refractivity contribution is 0.194. The summed E-state index contributed by atoms with van der Waals surface area (Å²) < 4.78 is 33.6. The van der Waals surface area contributed by atoms with E-state index in [4.69, 9.17) is 18.5 Å². The minimum Gasteiger partial charge on any atom is -0.306 e. The van der Waals surface area contributed by atoms with Crippen LogP contribution in [0.15, 0.2) is 30.3 Å². The van der Waals surface area contributed by atoms with Crippen LogP contribution < -0.4 is 0 Å². The van der Waals surface area contributed by atoms with Gasteiger partial charge in [-0.1, -0.05) is 30.3 Å². The Labute approximate surface area is 103 Å². The summed E-state index contributed by atoms with van der Waals surface area (Å²) in [5.74, 6) is 0. The van der Waals surface area contributed by atoms with Crippen LogP contribution in [0.3, 0.4) is 0 Å². The SMILES string of the molecule is [2H]C1([2H])CCN([C@@H](C)c2ccccc2)[P@@](=O)(Cl)O1. The standard InChI is InChI=1S/C11H15ClNO2P/c1-10(11-6-3-2-4-7-11)13-8-5-9-15-16(13,12)14/h2-4,6-7,10H,5,8-9H2,1H3/t10-,16+/m0/s1/i9D2. The number of hydrogen-bond donors (Lipinski definition) is 0. The molecule has 0 spiro atoms. The average Bonchev–Trinajstić information content (AvgIpc) is 2.27. The topological polar surface area (TPSA) is 29.5 Å². The number of halogens is 1. The van der Waals surface area contributed by atoms with Gasteiger partial charge in [0, 0.05) is 12.6 Å². The minimum atomic E-state index is -3.61. The van der Waals surface area contributed by atoms with E-state index in [1.54, 1.807) is 0 Å². The maximum Gasteiger partial charge on any atom is 0.363 e. The molecule has 1 heterocycles. The monoisotopic (exact) mass is 261 g/mol. The van der Waals surface area contributed by atoms with E-state index in [1.165, 1.54) is 4.67 Å². The summed E-state index contributed by atoms with van der Waals surface area (Å²) in [6.07, 6.45) is 0.154. The molecule has 2 atom stereocenters. The lowest BCUT2D eigenvalue weighted by Crippen LogP contribution is -2.29. The molecular weight excluding hydrogens is 245 g/mol. The second-order valence-corrected chi connectivity index (χ2v) is 6.57. The first-order chi connectivity index (χ1) is 8.32. The molecule has 0 radical (unpaired) electrons. The van der Waals surface area contributed by atoms with Crippen LogP contribution in [0.25, 0.3) is 0 Å². The van der Waals surface area contributed by atoms with Crippen molar-refractivity contribution in [1.82, 2.24) is 4.67 Å². The van der Waals surface area contributed by atoms with E-state index in [2.05, 4.69) is 0 Å². The zero-order chi connectivity index (χ0) is 13.4. The average molecular weight is 262 g/mol. The first-order valence-electron chi connectivity index (χ1n) is 6.14. The summed E-state index contributed by atoms with van der Waals surface area (Å²) in [6.45, 7) is -3.33. The molecule has 1 aliphatic rings. The highest BCUT2D eigenvalue weighted by atomic mass is 35.7. The largest absolute Gasteiger partial charge is 0.363 e. The summed E-state index contributed by atoms with van der Waals surface area (Å²) in [5, 5.41) is 0. The maximum atomic E-state index is 12.2. The second kappa shape index (κ2) is 4.89. The van der Waals surface area contributed by atoms with Crippen molar-refractivity contribution in [3.05, 3.63) is 35.9 Å². The molecule has 0 amide bonds. The van der Waals surface area contributed by atoms with Crippen LogP contribution in [0.5, 0.6) is 0 Å². The first kappa shape index (κ1) is 9.67. The van der Waals surface area contributed by atoms with Gasteiger partial charge in [0.05, 0.1) is 9.30 Å². The van der Waals surface area contributed by atoms with Crippen LogP contribution in [0.4, 0.5) is 0 Å². The molecule has 16 heavy (non-hydrogen) atoms. The highest BCUT2D eigenvalue weighted by Crippen LogP contribution is 2.60. The number of benzene rings is 1. The molecule has 1 aromatic carbocycles. The zero-order valence-corrected chi connectivity index (χ0v) is 10.6. The Morgan fingerprint density at radius 2 is 2.25 bits per heavy atom. The smallest absolute Gasteiger partial charge is 0.306 e. The quantitative estimate of drug-likeness (QED) is 0.758. The van der Waals surface area contributed by atoms with E-state index in [1.807, 2.05) is 37.3 Å². The van der Waals surface area contributed by atoms with Crippen molar-refractivity contribution >= 4 is 18.1 Å². The van der Waals surface area contributed by atoms with Crippen molar-refractivity contribution in [3.63, 3.8) is 0 Å². The van der Waals surface area contributed by atoms with Gasteiger partial charge in [-0.05, 0) is 30.1 Å². The molecule has 5 heteroatoms. The Balaban J connectivity index is 2.22. The van der Waals surface area contributed by atoms with Crippen molar-refractivity contribution < 1.29 is 11.8 Å². The number of rotatable bonds is 2. The minimum absolute atomic E-state index is 0.154. The summed E-state index contributed by atoms with van der Waals surface area (Å²) in [5.41, 5.74) is 0.976. The van der Waals surface area contributed by atoms with Crippen molar-refractivity contribution in [1.29, 1.82) is 0 Å². The third-order valence-electron chi connectivity index (χ3n) is 2.66. The van der Waals surface area contributed by atoms with Gasteiger partial charge >= 0.3 is 6.87 Å². The van der Waals surface area contributed by atoms with Crippen molar-refractivity contribution in [3.8, 4) is 0 Å². The molecule has 2 rings (SSSR count). The van der Waals surface area contributed by atoms with Gasteiger partial charge in [-0.15, -0.1) is 0 Å². The summed E-state index contributed by atoms with van der Waals surface area (Å²) in [6, 6.07) is 9.37. The van der Waals surface area contributed by atoms with E-state index >= 15 is 0 Å². The Hall–Kier alpha value is -0.340. The molecule has 1 aromatic rings. The molecule has 1 fully saturated rings. The second-order valence-electron chi connectivity index (χ2n) is 3.69. The van der Waals surface area contributed by atoms with Gasteiger partial charge in [-0.25, -0.2) is 4.67 Å². The van der Waals surface area contributed by atoms with Crippen molar-refractivity contribution in [2.24, 2.45) is 0 Å². The van der Waals surface area contributed by atoms with E-state index in [0.717, 1.165) is 5.56 Å². The van der Waals surface area contributed by atoms with E-state index in [9.17, 15) is 4.57 Å². The third kappa shape index (κ3) is 2.49. The molecule has 0 unspecified atom stereocenters. The van der Waals surface area contributed by atoms with Crippen molar-refractivity contribution in [2.45, 2.75) is 19.4 Å². The Morgan fingerprint density at radius 1 is 1.56 bits per heavy atom. The Kier molecular flexibility index (Phi) is 2.95. The maximum absolute atomic E-state index is 12.2. The van der Waals surface area contributed by atoms with E-state index in [-0.39, 0.29) is 12.5 Å². The first-order valence-corrected chi connectivity index (χ1v) is 7.63. The predicted molar refractivity (Wildman–Crippen MR) is 65.6 cm³/mol. The fraction of sp³-hybridized carbons (Fsp3) is 0.455. The van der Waals surface area contributed by atoms with Crippen LogP contribution in [0.2, 0.25) is 0 Å². The Bertz CT molecular complexity index is 471. The summed E-state index contributed by atoms with van der Waals surface area (Å²) in [4.78, 5) is 0. The zero-order valence-electron chi connectivity index (χ0n) is 11.0. The highest BCUT2D eigenvalue weighted by molar-refractivity contribution is 7.83. The van der Waals surface area contributed by atoms with Crippen LogP contribution in [-0.4, -0.2) is 17.8 Å². The summed E-state index contributed by atoms with van der Waals surface area (Å²) >= 11 is 5.89. The van der Waals surface area contributed by atoms with Crippen LogP contribution in [0.1, 0.15) is 27.7 Å². The highest BCUT2D eigenvalue weighted by Gasteiger charge is 2.36. The molecule has 0 aliphatic carbocycles. The molecule has 88 valence electrons. The summed E-state index contributed by atoms with van der Waals surface area (Å²) in [7, 11) is 0. The van der Waals surface area contributed by atoms with Crippen molar-refractivity contribution in [2.75, 3.05) is 13.1 Å². The molecule has 0 N–H and O–H groups in total. The molecule has 1 aliphatic heterocycles. The third-order valence-corrected chi connectivity index (χ3v) is 4.96. The van der Waals surface area contributed by atoms with Gasteiger partial charge in [0.25, 0.3) is 0 Å². The van der Waals surface area contributed by atoms with Crippen LogP contribution >= 0.6 is 18.1 Å². The van der Waals surface area contributed by atoms with E-state index < -0.39 is 13.4 Å². The molecule has 3 nitrogen and oxygen atoms in total. The van der Waals surface area contributed by atoms with Gasteiger partial charge in [0.1, 0.15) is 0 Å². The van der Waals surface area contributed by atoms with E-state index in [0.29, 0.717) is 6.54 Å². The number of hydrogen-bond acceptors (Lipinski definition) is 2.